The van der Waals surface area contributed by atoms with E-state index >= 15 is 0 Å². The van der Waals surface area contributed by atoms with Crippen LogP contribution in [-0.4, -0.2) is 14.5 Å². The number of hydrogen-bond donors (Lipinski definition) is 1. The Morgan fingerprint density at radius 2 is 2.26 bits per heavy atom. The molecule has 0 saturated heterocycles. The van der Waals surface area contributed by atoms with Crippen LogP contribution in [0.4, 0.5) is 0 Å². The van der Waals surface area contributed by atoms with Gasteiger partial charge in [-0.2, -0.15) is 0 Å². The topological polar surface area (TPSA) is 43.8 Å². The van der Waals surface area contributed by atoms with Gasteiger partial charge in [-0.25, -0.2) is 4.98 Å². The predicted octanol–water partition coefficient (Wildman–Crippen LogP) is 3.09. The first-order valence-electron chi connectivity index (χ1n) is 5.93. The molecule has 5 heteroatoms. The first-order chi connectivity index (χ1) is 9.13. The SMILES string of the molecule is Cc1csc(Cn2ccc3ccc(C(N)=S)cc32)n1. The molecule has 3 aromatic rings. The zero-order valence-corrected chi connectivity index (χ0v) is 12.1. The van der Waals surface area contributed by atoms with Crippen molar-refractivity contribution in [1.82, 2.24) is 9.55 Å². The maximum absolute atomic E-state index is 5.69. The van der Waals surface area contributed by atoms with E-state index in [4.69, 9.17) is 18.0 Å². The van der Waals surface area contributed by atoms with Gasteiger partial charge in [-0.05, 0) is 24.4 Å². The second kappa shape index (κ2) is 4.75. The van der Waals surface area contributed by atoms with Gasteiger partial charge in [0, 0.05) is 28.4 Å². The molecule has 0 unspecified atom stereocenters. The number of nitrogens with zero attached hydrogens (tertiary/aromatic N) is 2. The molecule has 0 aliphatic rings. The second-order valence-electron chi connectivity index (χ2n) is 4.46. The fourth-order valence-corrected chi connectivity index (χ4v) is 2.99. The van der Waals surface area contributed by atoms with Crippen LogP contribution >= 0.6 is 23.6 Å². The number of thiazole rings is 1. The van der Waals surface area contributed by atoms with Gasteiger partial charge in [0.2, 0.25) is 0 Å². The maximum Gasteiger partial charge on any atom is 0.113 e. The summed E-state index contributed by atoms with van der Waals surface area (Å²) in [6.07, 6.45) is 2.07. The second-order valence-corrected chi connectivity index (χ2v) is 5.85. The number of hydrogen-bond acceptors (Lipinski definition) is 3. The van der Waals surface area contributed by atoms with Crippen molar-refractivity contribution in [3.63, 3.8) is 0 Å². The molecule has 0 aliphatic carbocycles. The van der Waals surface area contributed by atoms with Gasteiger partial charge in [0.05, 0.1) is 6.54 Å². The van der Waals surface area contributed by atoms with Crippen LogP contribution in [0.5, 0.6) is 0 Å². The largest absolute Gasteiger partial charge is 0.389 e. The molecule has 0 atom stereocenters. The summed E-state index contributed by atoms with van der Waals surface area (Å²) < 4.78 is 2.18. The summed E-state index contributed by atoms with van der Waals surface area (Å²) >= 11 is 6.72. The first kappa shape index (κ1) is 12.3. The van der Waals surface area contributed by atoms with Crippen LogP contribution < -0.4 is 5.73 Å². The molecule has 3 rings (SSSR count). The Kier molecular flexibility index (Phi) is 3.08. The fraction of sp³-hybridized carbons (Fsp3) is 0.143. The Labute approximate surface area is 120 Å². The summed E-state index contributed by atoms with van der Waals surface area (Å²) in [5.74, 6) is 0. The molecule has 1 aromatic carbocycles. The normalized spacial score (nSPS) is 11.0. The van der Waals surface area contributed by atoms with Crippen molar-refractivity contribution in [2.24, 2.45) is 5.73 Å². The van der Waals surface area contributed by atoms with E-state index in [1.54, 1.807) is 11.3 Å². The highest BCUT2D eigenvalue weighted by molar-refractivity contribution is 7.80. The molecule has 0 spiro atoms. The predicted molar refractivity (Wildman–Crippen MR) is 83.8 cm³/mol. The van der Waals surface area contributed by atoms with Crippen molar-refractivity contribution in [2.75, 3.05) is 0 Å². The number of rotatable bonds is 3. The van der Waals surface area contributed by atoms with Crippen LogP contribution in [0.3, 0.4) is 0 Å². The number of thiocarbonyl (C=S) groups is 1. The Morgan fingerprint density at radius 3 is 2.95 bits per heavy atom. The molecule has 0 aliphatic heterocycles. The van der Waals surface area contributed by atoms with E-state index in [1.165, 1.54) is 5.39 Å². The third-order valence-electron chi connectivity index (χ3n) is 3.03. The molecule has 96 valence electrons. The Bertz CT molecular complexity index is 755. The van der Waals surface area contributed by atoms with Crippen molar-refractivity contribution < 1.29 is 0 Å². The van der Waals surface area contributed by atoms with Crippen LogP contribution in [-0.2, 0) is 6.54 Å². The van der Waals surface area contributed by atoms with Crippen molar-refractivity contribution >= 4 is 39.4 Å². The monoisotopic (exact) mass is 287 g/mol. The zero-order chi connectivity index (χ0) is 13.4. The number of fused-ring (bicyclic) bond motifs is 1. The van der Waals surface area contributed by atoms with Crippen LogP contribution in [0.15, 0.2) is 35.8 Å². The van der Waals surface area contributed by atoms with E-state index in [0.717, 1.165) is 28.3 Å². The average Bonchev–Trinajstić information content (AvgIpc) is 2.96. The molecule has 2 aromatic heterocycles. The molecular formula is C14H13N3S2. The summed E-state index contributed by atoms with van der Waals surface area (Å²) in [6, 6.07) is 8.15. The van der Waals surface area contributed by atoms with E-state index in [0.29, 0.717) is 4.99 Å². The fourth-order valence-electron chi connectivity index (χ4n) is 2.10. The lowest BCUT2D eigenvalue weighted by molar-refractivity contribution is 0.824. The van der Waals surface area contributed by atoms with Crippen molar-refractivity contribution in [3.05, 3.63) is 52.1 Å². The van der Waals surface area contributed by atoms with Crippen LogP contribution in [0, 0.1) is 6.92 Å². The number of benzene rings is 1. The Balaban J connectivity index is 2.03. The smallest absolute Gasteiger partial charge is 0.113 e. The molecule has 3 nitrogen and oxygen atoms in total. The van der Waals surface area contributed by atoms with E-state index in [2.05, 4.69) is 27.2 Å². The summed E-state index contributed by atoms with van der Waals surface area (Å²) in [5, 5.41) is 4.37. The molecular weight excluding hydrogens is 274 g/mol. The summed E-state index contributed by atoms with van der Waals surface area (Å²) in [4.78, 5) is 4.93. The van der Waals surface area contributed by atoms with Gasteiger partial charge in [-0.1, -0.05) is 24.4 Å². The van der Waals surface area contributed by atoms with E-state index in [-0.39, 0.29) is 0 Å². The molecule has 2 heterocycles. The van der Waals surface area contributed by atoms with Gasteiger partial charge in [0.25, 0.3) is 0 Å². The minimum Gasteiger partial charge on any atom is -0.389 e. The van der Waals surface area contributed by atoms with Crippen LogP contribution in [0.2, 0.25) is 0 Å². The highest BCUT2D eigenvalue weighted by atomic mass is 32.1. The van der Waals surface area contributed by atoms with Crippen molar-refractivity contribution in [2.45, 2.75) is 13.5 Å². The van der Waals surface area contributed by atoms with E-state index in [9.17, 15) is 0 Å². The van der Waals surface area contributed by atoms with E-state index < -0.39 is 0 Å². The third kappa shape index (κ3) is 2.39. The lowest BCUT2D eigenvalue weighted by Gasteiger charge is -2.04. The van der Waals surface area contributed by atoms with Crippen molar-refractivity contribution in [3.8, 4) is 0 Å². The highest BCUT2D eigenvalue weighted by Gasteiger charge is 2.06. The van der Waals surface area contributed by atoms with Crippen LogP contribution in [0.25, 0.3) is 10.9 Å². The molecule has 2 N–H and O–H groups in total. The Morgan fingerprint density at radius 1 is 1.42 bits per heavy atom. The lowest BCUT2D eigenvalue weighted by Crippen LogP contribution is -2.09. The molecule has 0 radical (unpaired) electrons. The molecule has 0 fully saturated rings. The highest BCUT2D eigenvalue weighted by Crippen LogP contribution is 2.20. The minimum atomic E-state index is 0.430. The summed E-state index contributed by atoms with van der Waals surface area (Å²) in [5.41, 5.74) is 8.80. The Hall–Kier alpha value is -1.72. The molecule has 19 heavy (non-hydrogen) atoms. The molecule has 0 saturated carbocycles. The van der Waals surface area contributed by atoms with Gasteiger partial charge in [-0.3, -0.25) is 0 Å². The van der Waals surface area contributed by atoms with Gasteiger partial charge in [0.15, 0.2) is 0 Å². The maximum atomic E-state index is 5.69. The number of nitrogens with two attached hydrogens (primary N) is 1. The average molecular weight is 287 g/mol. The molecule has 0 bridgehead atoms. The van der Waals surface area contributed by atoms with E-state index in [1.807, 2.05) is 25.1 Å². The number of aryl methyl sites for hydroxylation is 1. The van der Waals surface area contributed by atoms with Gasteiger partial charge in [-0.15, -0.1) is 11.3 Å². The standard InChI is InChI=1S/C14H13N3S2/c1-9-8-19-13(16-9)7-17-5-4-10-2-3-11(14(15)18)6-12(10)17/h2-6,8H,7H2,1H3,(H2,15,18). The van der Waals surface area contributed by atoms with Gasteiger partial charge >= 0.3 is 0 Å². The summed E-state index contributed by atoms with van der Waals surface area (Å²) in [7, 11) is 0. The lowest BCUT2D eigenvalue weighted by atomic mass is 10.1. The van der Waals surface area contributed by atoms with Gasteiger partial charge in [0.1, 0.15) is 10.00 Å². The zero-order valence-electron chi connectivity index (χ0n) is 10.5. The number of aromatic nitrogens is 2. The van der Waals surface area contributed by atoms with Crippen molar-refractivity contribution in [1.29, 1.82) is 0 Å². The third-order valence-corrected chi connectivity index (χ3v) is 4.22. The first-order valence-corrected chi connectivity index (χ1v) is 7.22. The minimum absolute atomic E-state index is 0.430. The molecule has 0 amide bonds. The quantitative estimate of drug-likeness (QED) is 0.753. The van der Waals surface area contributed by atoms with Crippen LogP contribution in [0.1, 0.15) is 16.3 Å². The van der Waals surface area contributed by atoms with Gasteiger partial charge < -0.3 is 10.3 Å². The summed E-state index contributed by atoms with van der Waals surface area (Å²) in [6.45, 7) is 2.79.